The van der Waals surface area contributed by atoms with Crippen LogP contribution in [0.5, 0.6) is 11.5 Å². The third-order valence-corrected chi connectivity index (χ3v) is 3.17. The summed E-state index contributed by atoms with van der Waals surface area (Å²) in [7, 11) is 0. The van der Waals surface area contributed by atoms with E-state index >= 15 is 0 Å². The number of carbonyl (C=O) groups excluding carboxylic acids is 2. The summed E-state index contributed by atoms with van der Waals surface area (Å²) in [5.41, 5.74) is 0. The van der Waals surface area contributed by atoms with E-state index in [1.165, 1.54) is 0 Å². The van der Waals surface area contributed by atoms with Crippen molar-refractivity contribution in [3.05, 3.63) is 24.3 Å². The van der Waals surface area contributed by atoms with Crippen LogP contribution in [0.3, 0.4) is 0 Å². The molecule has 0 aromatic heterocycles. The number of nitrogens with zero attached hydrogens (tertiary/aromatic N) is 1. The summed E-state index contributed by atoms with van der Waals surface area (Å²) in [6.45, 7) is 3.80. The fourth-order valence-corrected chi connectivity index (χ4v) is 2.09. The number of hydrogen-bond donors (Lipinski definition) is 1. The second-order valence-corrected chi connectivity index (χ2v) is 4.65. The summed E-state index contributed by atoms with van der Waals surface area (Å²) in [5.74, 6) is 1.03. The van der Waals surface area contributed by atoms with E-state index in [4.69, 9.17) is 9.47 Å². The first-order chi connectivity index (χ1) is 10.2. The standard InChI is InChI=1S/C15H20N2O4/c1-2-20-12-5-3-4-6-13(12)21-11-15(19)17-9-7-14(18)16-8-10-17/h3-6H,2,7-11H2,1H3,(H,16,18). The van der Waals surface area contributed by atoms with E-state index in [1.807, 2.05) is 19.1 Å². The van der Waals surface area contributed by atoms with Crippen molar-refractivity contribution >= 4 is 11.8 Å². The molecule has 0 unspecified atom stereocenters. The molecule has 21 heavy (non-hydrogen) atoms. The molecule has 1 heterocycles. The highest BCUT2D eigenvalue weighted by Gasteiger charge is 2.19. The number of rotatable bonds is 5. The van der Waals surface area contributed by atoms with Gasteiger partial charge in [0.1, 0.15) is 0 Å². The van der Waals surface area contributed by atoms with E-state index < -0.39 is 0 Å². The molecule has 1 aliphatic rings. The van der Waals surface area contributed by atoms with E-state index in [2.05, 4.69) is 5.32 Å². The second kappa shape index (κ2) is 7.52. The summed E-state index contributed by atoms with van der Waals surface area (Å²) in [6, 6.07) is 7.26. The van der Waals surface area contributed by atoms with Crippen molar-refractivity contribution in [2.24, 2.45) is 0 Å². The molecular weight excluding hydrogens is 272 g/mol. The molecule has 6 heteroatoms. The largest absolute Gasteiger partial charge is 0.490 e. The maximum atomic E-state index is 12.1. The molecule has 1 fully saturated rings. The molecular formula is C15H20N2O4. The highest BCUT2D eigenvalue weighted by molar-refractivity contribution is 5.81. The van der Waals surface area contributed by atoms with Crippen molar-refractivity contribution in [3.8, 4) is 11.5 Å². The Morgan fingerprint density at radius 2 is 1.95 bits per heavy atom. The van der Waals surface area contributed by atoms with E-state index in [9.17, 15) is 9.59 Å². The third kappa shape index (κ3) is 4.37. The number of hydrogen-bond acceptors (Lipinski definition) is 4. The molecule has 0 atom stereocenters. The van der Waals surface area contributed by atoms with E-state index in [0.29, 0.717) is 44.2 Å². The van der Waals surface area contributed by atoms with Gasteiger partial charge in [-0.25, -0.2) is 0 Å². The molecule has 0 saturated carbocycles. The number of carbonyl (C=O) groups is 2. The predicted molar refractivity (Wildman–Crippen MR) is 77.3 cm³/mol. The third-order valence-electron chi connectivity index (χ3n) is 3.17. The van der Waals surface area contributed by atoms with Crippen LogP contribution in [0.1, 0.15) is 13.3 Å². The van der Waals surface area contributed by atoms with Gasteiger partial charge in [-0.05, 0) is 19.1 Å². The SMILES string of the molecule is CCOc1ccccc1OCC(=O)N1CCNC(=O)CC1. The number of amides is 2. The molecule has 0 aliphatic carbocycles. The number of ether oxygens (including phenoxy) is 2. The zero-order valence-corrected chi connectivity index (χ0v) is 12.1. The highest BCUT2D eigenvalue weighted by Crippen LogP contribution is 2.26. The van der Waals surface area contributed by atoms with Crippen LogP contribution < -0.4 is 14.8 Å². The van der Waals surface area contributed by atoms with Crippen molar-refractivity contribution in [2.75, 3.05) is 32.8 Å². The van der Waals surface area contributed by atoms with Crippen LogP contribution in [-0.2, 0) is 9.59 Å². The van der Waals surface area contributed by atoms with Crippen LogP contribution in [0.2, 0.25) is 0 Å². The summed E-state index contributed by atoms with van der Waals surface area (Å²) < 4.78 is 11.0. The van der Waals surface area contributed by atoms with Crippen molar-refractivity contribution in [1.29, 1.82) is 0 Å². The zero-order valence-electron chi connectivity index (χ0n) is 12.1. The van der Waals surface area contributed by atoms with Gasteiger partial charge in [0.2, 0.25) is 5.91 Å². The van der Waals surface area contributed by atoms with Crippen LogP contribution in [0.4, 0.5) is 0 Å². The van der Waals surface area contributed by atoms with Crippen molar-refractivity contribution in [2.45, 2.75) is 13.3 Å². The van der Waals surface area contributed by atoms with Gasteiger partial charge in [0, 0.05) is 26.1 Å². The van der Waals surface area contributed by atoms with E-state index in [-0.39, 0.29) is 18.4 Å². The monoisotopic (exact) mass is 292 g/mol. The van der Waals surface area contributed by atoms with Crippen LogP contribution in [0.25, 0.3) is 0 Å². The quantitative estimate of drug-likeness (QED) is 0.872. The molecule has 2 amide bonds. The van der Waals surface area contributed by atoms with Crippen molar-refractivity contribution in [1.82, 2.24) is 10.2 Å². The number of benzene rings is 1. The molecule has 2 rings (SSSR count). The number of para-hydroxylation sites is 2. The van der Waals surface area contributed by atoms with Gasteiger partial charge >= 0.3 is 0 Å². The fraction of sp³-hybridized carbons (Fsp3) is 0.467. The van der Waals surface area contributed by atoms with Crippen molar-refractivity contribution in [3.63, 3.8) is 0 Å². The van der Waals surface area contributed by atoms with E-state index in [0.717, 1.165) is 0 Å². The lowest BCUT2D eigenvalue weighted by Gasteiger charge is -2.20. The Morgan fingerprint density at radius 3 is 2.67 bits per heavy atom. The number of nitrogens with one attached hydrogen (secondary N) is 1. The Hall–Kier alpha value is -2.24. The zero-order chi connectivity index (χ0) is 15.1. The topological polar surface area (TPSA) is 67.9 Å². The first kappa shape index (κ1) is 15.2. The van der Waals surface area contributed by atoms with Crippen LogP contribution in [0.15, 0.2) is 24.3 Å². The molecule has 1 N–H and O–H groups in total. The Labute approximate surface area is 124 Å². The highest BCUT2D eigenvalue weighted by atomic mass is 16.5. The Balaban J connectivity index is 1.90. The molecule has 6 nitrogen and oxygen atoms in total. The lowest BCUT2D eigenvalue weighted by molar-refractivity contribution is -0.133. The second-order valence-electron chi connectivity index (χ2n) is 4.65. The van der Waals surface area contributed by atoms with Crippen LogP contribution in [-0.4, -0.2) is 49.6 Å². The molecule has 0 spiro atoms. The Morgan fingerprint density at radius 1 is 1.24 bits per heavy atom. The van der Waals surface area contributed by atoms with Gasteiger partial charge in [0.15, 0.2) is 18.1 Å². The van der Waals surface area contributed by atoms with Gasteiger partial charge < -0.3 is 19.7 Å². The summed E-state index contributed by atoms with van der Waals surface area (Å²) >= 11 is 0. The van der Waals surface area contributed by atoms with Crippen molar-refractivity contribution < 1.29 is 19.1 Å². The first-order valence-corrected chi connectivity index (χ1v) is 7.10. The van der Waals surface area contributed by atoms with Gasteiger partial charge in [-0.2, -0.15) is 0 Å². The fourth-order valence-electron chi connectivity index (χ4n) is 2.09. The lowest BCUT2D eigenvalue weighted by atomic mass is 10.3. The predicted octanol–water partition coefficient (Wildman–Crippen LogP) is 0.813. The normalized spacial score (nSPS) is 15.1. The molecule has 1 aliphatic heterocycles. The molecule has 1 aromatic rings. The van der Waals surface area contributed by atoms with Crippen LogP contribution in [0, 0.1) is 0 Å². The Kier molecular flexibility index (Phi) is 5.43. The minimum atomic E-state index is -0.127. The summed E-state index contributed by atoms with van der Waals surface area (Å²) in [4.78, 5) is 25.0. The van der Waals surface area contributed by atoms with Gasteiger partial charge in [-0.1, -0.05) is 12.1 Å². The summed E-state index contributed by atoms with van der Waals surface area (Å²) in [5, 5.41) is 2.74. The van der Waals surface area contributed by atoms with Gasteiger partial charge in [0.05, 0.1) is 6.61 Å². The van der Waals surface area contributed by atoms with Gasteiger partial charge in [-0.3, -0.25) is 9.59 Å². The minimum absolute atomic E-state index is 0.0205. The maximum absolute atomic E-state index is 12.1. The van der Waals surface area contributed by atoms with Crippen LogP contribution >= 0.6 is 0 Å². The average Bonchev–Trinajstić information content (AvgIpc) is 2.71. The first-order valence-electron chi connectivity index (χ1n) is 7.10. The molecule has 1 aromatic carbocycles. The van der Waals surface area contributed by atoms with Gasteiger partial charge in [-0.15, -0.1) is 0 Å². The lowest BCUT2D eigenvalue weighted by Crippen LogP contribution is -2.37. The minimum Gasteiger partial charge on any atom is -0.490 e. The smallest absolute Gasteiger partial charge is 0.260 e. The van der Waals surface area contributed by atoms with Gasteiger partial charge in [0.25, 0.3) is 5.91 Å². The maximum Gasteiger partial charge on any atom is 0.260 e. The van der Waals surface area contributed by atoms with E-state index in [1.54, 1.807) is 17.0 Å². The molecule has 0 bridgehead atoms. The molecule has 1 saturated heterocycles. The average molecular weight is 292 g/mol. The molecule has 114 valence electrons. The Bertz CT molecular complexity index is 504. The summed E-state index contributed by atoms with van der Waals surface area (Å²) in [6.07, 6.45) is 0.335. The molecule has 0 radical (unpaired) electrons.